The quantitative estimate of drug-likeness (QED) is 0.0827. The molecule has 0 saturated carbocycles. The maximum atomic E-state index is 14.1. The number of aliphatic carboxylic acids is 1. The summed E-state index contributed by atoms with van der Waals surface area (Å²) in [6.07, 6.45) is -4.05. The summed E-state index contributed by atoms with van der Waals surface area (Å²) in [7, 11) is -7.35. The number of amides is 3. The fraction of sp³-hybridized carbons (Fsp3) is 0.880. The molecule has 0 unspecified atom stereocenters. The minimum absolute atomic E-state index is 0.369. The van der Waals surface area contributed by atoms with Gasteiger partial charge in [-0.3, -0.25) is 4.79 Å². The molecule has 1 fully saturated rings. The number of piperazine rings is 1. The van der Waals surface area contributed by atoms with Crippen LogP contribution in [-0.2, 0) is 19.6 Å². The van der Waals surface area contributed by atoms with Gasteiger partial charge in [0.15, 0.2) is 0 Å². The summed E-state index contributed by atoms with van der Waals surface area (Å²) in [5.74, 6) is -53.3. The second-order valence-electron chi connectivity index (χ2n) is 11.8. The molecule has 0 aromatic heterocycles. The highest BCUT2D eigenvalue weighted by Crippen LogP contribution is 2.64. The number of urea groups is 1. The van der Waals surface area contributed by atoms with Crippen LogP contribution >= 0.6 is 0 Å². The van der Waals surface area contributed by atoms with Gasteiger partial charge in [-0.2, -0.15) is 78.9 Å². The molecule has 10 N–H and O–H groups in total. The van der Waals surface area contributed by atoms with Crippen molar-refractivity contribution in [3.05, 3.63) is 0 Å². The Balaban J connectivity index is 0.00000134. The smallest absolute Gasteiger partial charge is 0.460 e. The molecule has 31 heteroatoms. The van der Waals surface area contributed by atoms with E-state index in [1.165, 1.54) is 0 Å². The van der Waals surface area contributed by atoms with Gasteiger partial charge in [0.1, 0.15) is 6.04 Å². The van der Waals surface area contributed by atoms with Crippen LogP contribution in [0.3, 0.4) is 0 Å². The van der Waals surface area contributed by atoms with Gasteiger partial charge in [0.05, 0.1) is 6.04 Å². The molecule has 13 nitrogen and oxygen atoms in total. The third-order valence-corrected chi connectivity index (χ3v) is 9.72. The molecule has 0 bridgehead atoms. The van der Waals surface area contributed by atoms with E-state index in [2.05, 4.69) is 5.32 Å². The van der Waals surface area contributed by atoms with E-state index in [1.54, 1.807) is 0 Å². The minimum atomic E-state index is -8.88. The van der Waals surface area contributed by atoms with Crippen molar-refractivity contribution in [2.24, 2.45) is 22.9 Å². The largest absolute Gasteiger partial charge is 0.480 e. The predicted octanol–water partition coefficient (Wildman–Crippen LogP) is 3.12. The van der Waals surface area contributed by atoms with Gasteiger partial charge in [-0.05, 0) is 45.2 Å². The van der Waals surface area contributed by atoms with Gasteiger partial charge in [-0.1, -0.05) is 6.42 Å². The summed E-state index contributed by atoms with van der Waals surface area (Å²) < 4.78 is 248. The Kier molecular flexibility index (Phi) is 17.5. The Morgan fingerprint density at radius 1 is 0.625 bits per heavy atom. The van der Waals surface area contributed by atoms with Gasteiger partial charge in [0.2, 0.25) is 5.91 Å². The first-order valence-electron chi connectivity index (χ1n) is 15.4. The molecule has 1 rings (SSSR count). The van der Waals surface area contributed by atoms with Gasteiger partial charge < -0.3 is 38.3 Å². The molecule has 56 heavy (non-hydrogen) atoms. The van der Waals surface area contributed by atoms with Crippen molar-refractivity contribution >= 4 is 27.9 Å². The molecular weight excluding hydrogens is 849 g/mol. The minimum Gasteiger partial charge on any atom is -0.480 e. The SMILES string of the molecule is NC(=O)N1CCN(S(=O)(=O)C(F)(F)C(F)(F)C(F)(F)C(F)(F)C(F)(F)C(F)(F)C(F)(F)C(F)(F)F)CC1.NCCCC[C@H](NC(=O)[C@@H](N)CCCCN)C(=O)O. The van der Waals surface area contributed by atoms with E-state index < -0.39 is 117 Å². The zero-order chi connectivity index (χ0) is 44.7. The normalized spacial score (nSPS) is 17.1. The zero-order valence-electron chi connectivity index (χ0n) is 28.2. The first kappa shape index (κ1) is 52.8. The number of rotatable bonds is 19. The number of carboxylic acid groups (broad SMARTS) is 1. The van der Waals surface area contributed by atoms with Crippen LogP contribution in [0, 0.1) is 0 Å². The number of nitrogens with one attached hydrogen (secondary N) is 1. The molecule has 3 amide bonds. The monoisotopic (exact) mass is 885 g/mol. The zero-order valence-corrected chi connectivity index (χ0v) is 29.0. The lowest BCUT2D eigenvalue weighted by molar-refractivity contribution is -0.458. The van der Waals surface area contributed by atoms with Crippen LogP contribution < -0.4 is 28.3 Å². The van der Waals surface area contributed by atoms with E-state index in [0.29, 0.717) is 37.3 Å². The van der Waals surface area contributed by atoms with E-state index >= 15 is 0 Å². The van der Waals surface area contributed by atoms with Gasteiger partial charge in [-0.15, -0.1) is 0 Å². The van der Waals surface area contributed by atoms with Crippen LogP contribution in [-0.4, -0.2) is 139 Å². The number of hydrogen-bond acceptors (Lipinski definition) is 8. The highest BCUT2D eigenvalue weighted by molar-refractivity contribution is 7.90. The number of sulfonamides is 1. The molecule has 0 aliphatic carbocycles. The van der Waals surface area contributed by atoms with Crippen LogP contribution in [0.25, 0.3) is 0 Å². The van der Waals surface area contributed by atoms with Gasteiger partial charge in [-0.25, -0.2) is 18.0 Å². The Bertz CT molecular complexity index is 1450. The molecule has 0 aromatic rings. The number of halogens is 17. The second kappa shape index (κ2) is 18.6. The number of nitrogens with zero attached hydrogens (tertiary/aromatic N) is 2. The van der Waals surface area contributed by atoms with Crippen LogP contribution in [0.5, 0.6) is 0 Å². The summed E-state index contributed by atoms with van der Waals surface area (Å²) in [6.45, 7) is -3.86. The lowest BCUT2D eigenvalue weighted by atomic mass is 9.91. The molecule has 1 aliphatic rings. The topological polar surface area (TPSA) is 228 Å². The van der Waals surface area contributed by atoms with Crippen molar-refractivity contribution in [2.75, 3.05) is 39.3 Å². The van der Waals surface area contributed by atoms with Crippen LogP contribution in [0.15, 0.2) is 0 Å². The summed E-state index contributed by atoms with van der Waals surface area (Å²) >= 11 is 0. The maximum Gasteiger partial charge on any atom is 0.460 e. The molecule has 1 saturated heterocycles. The van der Waals surface area contributed by atoms with Gasteiger partial charge >= 0.3 is 59.0 Å². The van der Waals surface area contributed by atoms with E-state index in [0.717, 1.165) is 19.3 Å². The number of nitrogens with two attached hydrogens (primary N) is 4. The fourth-order valence-corrected chi connectivity index (χ4v) is 5.71. The van der Waals surface area contributed by atoms with Crippen molar-refractivity contribution in [3.8, 4) is 0 Å². The highest BCUT2D eigenvalue weighted by Gasteiger charge is 2.96. The van der Waals surface area contributed by atoms with Crippen LogP contribution in [0.2, 0.25) is 0 Å². The molecule has 332 valence electrons. The number of alkyl halides is 17. The molecule has 1 aliphatic heterocycles. The summed E-state index contributed by atoms with van der Waals surface area (Å²) in [5, 5.41) is 3.87. The van der Waals surface area contributed by atoms with E-state index in [-0.39, 0.29) is 0 Å². The van der Waals surface area contributed by atoms with E-state index in [9.17, 15) is 97.4 Å². The number of carbonyl (C=O) groups excluding carboxylic acids is 2. The summed E-state index contributed by atoms with van der Waals surface area (Å²) in [5.41, 5.74) is 21.1. The summed E-state index contributed by atoms with van der Waals surface area (Å²) in [6, 6.07) is -2.92. The number of unbranched alkanes of at least 4 members (excludes halogenated alkanes) is 2. The molecule has 0 spiro atoms. The van der Waals surface area contributed by atoms with E-state index in [1.807, 2.05) is 0 Å². The molecular formula is C25H36F17N7O6S. The lowest BCUT2D eigenvalue weighted by Crippen LogP contribution is -2.75. The van der Waals surface area contributed by atoms with E-state index in [4.69, 9.17) is 28.0 Å². The first-order chi connectivity index (χ1) is 24.9. The van der Waals surface area contributed by atoms with Crippen LogP contribution in [0.1, 0.15) is 38.5 Å². The number of primary amides is 1. The molecule has 0 aromatic carbocycles. The Morgan fingerprint density at radius 3 is 1.36 bits per heavy atom. The van der Waals surface area contributed by atoms with Crippen molar-refractivity contribution in [2.45, 2.75) is 97.6 Å². The third-order valence-electron chi connectivity index (χ3n) is 7.77. The van der Waals surface area contributed by atoms with Crippen molar-refractivity contribution < 1.29 is 103 Å². The standard InChI is InChI=1S/C13H10F17N3O3S.C12H26N4O3/c14-6(15,8(18,19)10(22,23)12(26,27)28)7(16,17)9(20,21)11(24,25)13(29,30)37(35,36)33-3-1-32(2-4-33)5(31)34;13-7-3-1-5-9(15)11(17)16-10(12(18)19)6-2-4-8-14/h1-4H2,(H2,31,34);9-10H,1-8,13-15H2,(H,16,17)(H,18,19)/t;9-,10-/m.0/s1. The molecule has 1 heterocycles. The average molecular weight is 886 g/mol. The van der Waals surface area contributed by atoms with Crippen LogP contribution in [0.4, 0.5) is 79.4 Å². The third kappa shape index (κ3) is 10.3. The Hall–Kier alpha value is -3.19. The molecule has 0 radical (unpaired) electrons. The van der Waals surface area contributed by atoms with Crippen molar-refractivity contribution in [1.29, 1.82) is 0 Å². The highest BCUT2D eigenvalue weighted by atomic mass is 32.2. The first-order valence-corrected chi connectivity index (χ1v) is 16.8. The predicted molar refractivity (Wildman–Crippen MR) is 156 cm³/mol. The van der Waals surface area contributed by atoms with Gasteiger partial charge in [0, 0.05) is 26.2 Å². The second-order valence-corrected chi connectivity index (χ2v) is 13.7. The number of hydrogen-bond donors (Lipinski definition) is 6. The molecule has 2 atom stereocenters. The summed E-state index contributed by atoms with van der Waals surface area (Å²) in [4.78, 5) is 34.1. The average Bonchev–Trinajstić information content (AvgIpc) is 3.06. The lowest BCUT2D eigenvalue weighted by Gasteiger charge is -2.43. The van der Waals surface area contributed by atoms with Gasteiger partial charge in [0.25, 0.3) is 10.0 Å². The van der Waals surface area contributed by atoms with Crippen molar-refractivity contribution in [3.63, 3.8) is 0 Å². The number of carbonyl (C=O) groups is 3. The Labute approximate surface area is 305 Å². The Morgan fingerprint density at radius 2 is 1.00 bits per heavy atom. The maximum absolute atomic E-state index is 14.1. The fourth-order valence-electron chi connectivity index (χ4n) is 4.29. The number of carboxylic acids is 1. The van der Waals surface area contributed by atoms with Crippen molar-refractivity contribution in [1.82, 2.24) is 14.5 Å².